The molecule has 0 aliphatic carbocycles. The smallest absolute Gasteiger partial charge is 0.151 e. The number of pyridine rings is 1. The lowest BCUT2D eigenvalue weighted by Gasteiger charge is -2.12. The molecule has 0 unspecified atom stereocenters. The quantitative estimate of drug-likeness (QED) is 0.206. The Morgan fingerprint density at radius 2 is 1.27 bits per heavy atom. The molecule has 0 aliphatic heterocycles. The minimum atomic E-state index is -0.991. The van der Waals surface area contributed by atoms with E-state index in [1.165, 1.54) is 11.7 Å². The van der Waals surface area contributed by atoms with Gasteiger partial charge in [-0.2, -0.15) is 19.3 Å². The van der Waals surface area contributed by atoms with Crippen molar-refractivity contribution in [3.8, 4) is 45.6 Å². The molecule has 0 aliphatic rings. The molecule has 0 spiro atoms. The lowest BCUT2D eigenvalue weighted by Crippen LogP contribution is -1.98. The van der Waals surface area contributed by atoms with Gasteiger partial charge in [0, 0.05) is 21.7 Å². The van der Waals surface area contributed by atoms with Crippen molar-refractivity contribution in [1.82, 2.24) is 13.7 Å². The summed E-state index contributed by atoms with van der Waals surface area (Å²) in [5.74, 6) is -1.98. The van der Waals surface area contributed by atoms with E-state index in [1.807, 2.05) is 60.7 Å². The number of halogens is 2. The second-order valence-corrected chi connectivity index (χ2v) is 9.98. The van der Waals surface area contributed by atoms with Crippen LogP contribution in [-0.4, -0.2) is 13.7 Å². The second kappa shape index (κ2) is 9.56. The highest BCUT2D eigenvalue weighted by Gasteiger charge is 2.20. The molecule has 0 N–H and O–H groups in total. The summed E-state index contributed by atoms with van der Waals surface area (Å²) in [7, 11) is 0. The van der Waals surface area contributed by atoms with Crippen LogP contribution in [0.5, 0.6) is 0 Å². The fourth-order valence-corrected chi connectivity index (χ4v) is 5.76. The Kier molecular flexibility index (Phi) is 5.71. The van der Waals surface area contributed by atoms with Crippen LogP contribution < -0.4 is 0 Å². The zero-order valence-corrected chi connectivity index (χ0v) is 21.9. The number of hydrogen-bond acceptors (Lipinski definition) is 6. The van der Waals surface area contributed by atoms with Crippen LogP contribution in [0.3, 0.4) is 0 Å². The summed E-state index contributed by atoms with van der Waals surface area (Å²) in [5, 5.41) is 21.4. The summed E-state index contributed by atoms with van der Waals surface area (Å²) in [6.45, 7) is 0. The molecule has 0 saturated carbocycles. The molecule has 5 aromatic carbocycles. The lowest BCUT2D eigenvalue weighted by molar-refractivity contribution is 0.585. The minimum Gasteiger partial charge on any atom is -0.247 e. The van der Waals surface area contributed by atoms with Gasteiger partial charge in [-0.25, -0.2) is 13.8 Å². The average Bonchev–Trinajstić information content (AvgIpc) is 3.51. The van der Waals surface area contributed by atoms with Crippen LogP contribution in [-0.2, 0) is 0 Å². The van der Waals surface area contributed by atoms with Crippen molar-refractivity contribution in [1.29, 1.82) is 10.5 Å². The lowest BCUT2D eigenvalue weighted by atomic mass is 9.95. The van der Waals surface area contributed by atoms with Crippen molar-refractivity contribution in [2.24, 2.45) is 0 Å². The molecule has 7 rings (SSSR count). The highest BCUT2D eigenvalue weighted by molar-refractivity contribution is 7.00. The zero-order chi connectivity index (χ0) is 28.1. The first-order chi connectivity index (χ1) is 20.1. The molecule has 2 heterocycles. The fraction of sp³-hybridized carbons (Fsp3) is 0. The molecule has 192 valence electrons. The van der Waals surface area contributed by atoms with Crippen LogP contribution in [0, 0.1) is 34.3 Å². The third-order valence-corrected chi connectivity index (χ3v) is 7.72. The Bertz CT molecular complexity index is 2210. The maximum atomic E-state index is 14.9. The fourth-order valence-electron chi connectivity index (χ4n) is 5.22. The standard InChI is InChI=1S/C33H15F2N5S/c34-30-22(16-36)14-23(17-37)31(35)28(30)19-8-6-18(7-9-19)21-10-11-24-27(15-21)38-32(20-4-2-1-3-5-20)25-12-13-26-33(29(24)25)40-41-39-26/h1-15H. The molecule has 0 atom stereocenters. The average molecular weight is 552 g/mol. The van der Waals surface area contributed by atoms with Gasteiger partial charge in [-0.05, 0) is 41.0 Å². The summed E-state index contributed by atoms with van der Waals surface area (Å²) in [5.41, 5.74) is 5.00. The summed E-state index contributed by atoms with van der Waals surface area (Å²) in [6, 6.07) is 30.9. The van der Waals surface area contributed by atoms with E-state index in [0.29, 0.717) is 0 Å². The molecular formula is C33H15F2N5S. The monoisotopic (exact) mass is 551 g/mol. The van der Waals surface area contributed by atoms with Crippen LogP contribution in [0.1, 0.15) is 11.1 Å². The molecule has 0 radical (unpaired) electrons. The molecule has 41 heavy (non-hydrogen) atoms. The molecule has 0 fully saturated rings. The van der Waals surface area contributed by atoms with Gasteiger partial charge in [0.1, 0.15) is 23.2 Å². The molecule has 8 heteroatoms. The van der Waals surface area contributed by atoms with Gasteiger partial charge in [0.2, 0.25) is 0 Å². The largest absolute Gasteiger partial charge is 0.247 e. The van der Waals surface area contributed by atoms with Gasteiger partial charge in [-0.3, -0.25) is 0 Å². The maximum Gasteiger partial charge on any atom is 0.151 e. The van der Waals surface area contributed by atoms with Gasteiger partial charge in [0.25, 0.3) is 0 Å². The van der Waals surface area contributed by atoms with Crippen molar-refractivity contribution >= 4 is 44.4 Å². The van der Waals surface area contributed by atoms with E-state index in [2.05, 4.69) is 8.75 Å². The van der Waals surface area contributed by atoms with Crippen molar-refractivity contribution < 1.29 is 8.78 Å². The van der Waals surface area contributed by atoms with Crippen molar-refractivity contribution in [2.75, 3.05) is 0 Å². The van der Waals surface area contributed by atoms with Gasteiger partial charge >= 0.3 is 0 Å². The predicted octanol–water partition coefficient (Wildman–Crippen LogP) is 8.42. The first kappa shape index (κ1) is 24.5. The van der Waals surface area contributed by atoms with Crippen LogP contribution in [0.4, 0.5) is 8.78 Å². The van der Waals surface area contributed by atoms with Crippen molar-refractivity contribution in [2.45, 2.75) is 0 Å². The van der Waals surface area contributed by atoms with E-state index in [0.717, 1.165) is 61.2 Å². The Hall–Kier alpha value is -5.57. The molecule has 5 nitrogen and oxygen atoms in total. The Labute approximate surface area is 236 Å². The predicted molar refractivity (Wildman–Crippen MR) is 156 cm³/mol. The number of hydrogen-bond donors (Lipinski definition) is 0. The van der Waals surface area contributed by atoms with Gasteiger partial charge in [-0.15, -0.1) is 0 Å². The highest BCUT2D eigenvalue weighted by atomic mass is 32.1. The number of nitrogens with zero attached hydrogens (tertiary/aromatic N) is 5. The van der Waals surface area contributed by atoms with E-state index in [4.69, 9.17) is 4.98 Å². The van der Waals surface area contributed by atoms with Crippen LogP contribution in [0.15, 0.2) is 91.0 Å². The van der Waals surface area contributed by atoms with Gasteiger partial charge < -0.3 is 0 Å². The Morgan fingerprint density at radius 3 is 1.98 bits per heavy atom. The van der Waals surface area contributed by atoms with Crippen molar-refractivity contribution in [3.63, 3.8) is 0 Å². The zero-order valence-electron chi connectivity index (χ0n) is 21.1. The molecule has 7 aromatic rings. The second-order valence-electron chi connectivity index (χ2n) is 9.45. The third-order valence-electron chi connectivity index (χ3n) is 7.18. The third kappa shape index (κ3) is 3.89. The number of rotatable bonds is 3. The first-order valence-electron chi connectivity index (χ1n) is 12.5. The summed E-state index contributed by atoms with van der Waals surface area (Å²) < 4.78 is 38.9. The summed E-state index contributed by atoms with van der Waals surface area (Å²) in [6.07, 6.45) is 0. The molecule has 0 bridgehead atoms. The number of benzene rings is 5. The van der Waals surface area contributed by atoms with Gasteiger partial charge in [0.15, 0.2) is 11.6 Å². The molecular weight excluding hydrogens is 536 g/mol. The molecule has 0 amide bonds. The van der Waals surface area contributed by atoms with Crippen LogP contribution in [0.2, 0.25) is 0 Å². The van der Waals surface area contributed by atoms with E-state index < -0.39 is 17.2 Å². The first-order valence-corrected chi connectivity index (χ1v) is 13.3. The van der Waals surface area contributed by atoms with Gasteiger partial charge in [-0.1, -0.05) is 66.7 Å². The Morgan fingerprint density at radius 1 is 0.610 bits per heavy atom. The highest BCUT2D eigenvalue weighted by Crippen LogP contribution is 2.38. The maximum absolute atomic E-state index is 14.9. The van der Waals surface area contributed by atoms with E-state index in [1.54, 1.807) is 36.4 Å². The van der Waals surface area contributed by atoms with E-state index >= 15 is 0 Å². The summed E-state index contributed by atoms with van der Waals surface area (Å²) in [4.78, 5) is 5.07. The topological polar surface area (TPSA) is 86.2 Å². The van der Waals surface area contributed by atoms with Crippen molar-refractivity contribution in [3.05, 3.63) is 114 Å². The normalized spacial score (nSPS) is 11.1. The molecule has 0 saturated heterocycles. The van der Waals surface area contributed by atoms with E-state index in [-0.39, 0.29) is 16.7 Å². The summed E-state index contributed by atoms with van der Waals surface area (Å²) >= 11 is 1.17. The minimum absolute atomic E-state index is 0.229. The number of fused-ring (bicyclic) bond motifs is 5. The number of nitriles is 2. The SMILES string of the molecule is N#Cc1cc(C#N)c(F)c(-c2ccc(-c3ccc4c(c3)nc(-c3ccccc3)c3ccc5nsnc5c34)cc2)c1F. The van der Waals surface area contributed by atoms with E-state index in [9.17, 15) is 19.3 Å². The molecule has 2 aromatic heterocycles. The van der Waals surface area contributed by atoms with Crippen LogP contribution >= 0.6 is 11.7 Å². The Balaban J connectivity index is 1.40. The van der Waals surface area contributed by atoms with Crippen LogP contribution in [0.25, 0.3) is 66.2 Å². The number of aromatic nitrogens is 3. The van der Waals surface area contributed by atoms with Gasteiger partial charge in [0.05, 0.1) is 39.6 Å².